The van der Waals surface area contributed by atoms with Crippen molar-refractivity contribution in [2.75, 3.05) is 16.8 Å². The van der Waals surface area contributed by atoms with Gasteiger partial charge < -0.3 is 10.2 Å². The van der Waals surface area contributed by atoms with E-state index in [0.717, 1.165) is 54.7 Å². The molecule has 0 unspecified atom stereocenters. The number of nitrogens with one attached hydrogen (secondary N) is 1. The van der Waals surface area contributed by atoms with E-state index in [1.165, 1.54) is 49.3 Å². The van der Waals surface area contributed by atoms with Crippen LogP contribution in [0.4, 0.5) is 22.7 Å². The van der Waals surface area contributed by atoms with Crippen molar-refractivity contribution in [3.63, 3.8) is 0 Å². The Labute approximate surface area is 234 Å². The fourth-order valence-electron chi connectivity index (χ4n) is 6.45. The molecule has 192 valence electrons. The topological polar surface area (TPSA) is 62.9 Å². The lowest BCUT2D eigenvalue weighted by Crippen LogP contribution is -2.24. The lowest BCUT2D eigenvalue weighted by atomic mass is 9.91. The zero-order chi connectivity index (χ0) is 27.2. The maximum Gasteiger partial charge on any atom is 0.0991 e. The van der Waals surface area contributed by atoms with Gasteiger partial charge in [0.05, 0.1) is 23.3 Å². The molecule has 1 aliphatic rings. The van der Waals surface area contributed by atoms with Gasteiger partial charge in [-0.25, -0.2) is 0 Å². The zero-order valence-corrected chi connectivity index (χ0v) is 22.5. The van der Waals surface area contributed by atoms with Crippen LogP contribution >= 0.6 is 0 Å². The third-order valence-corrected chi connectivity index (χ3v) is 8.28. The Morgan fingerprint density at radius 3 is 2.17 bits per heavy atom. The molecular formula is C36H28N4. The molecule has 0 spiro atoms. The van der Waals surface area contributed by atoms with Gasteiger partial charge in [-0.3, -0.25) is 0 Å². The highest BCUT2D eigenvalue weighted by Crippen LogP contribution is 2.44. The summed E-state index contributed by atoms with van der Waals surface area (Å²) in [6, 6.07) is 34.4. The van der Waals surface area contributed by atoms with E-state index in [4.69, 9.17) is 0 Å². The van der Waals surface area contributed by atoms with Crippen LogP contribution in [0.25, 0.3) is 32.3 Å². The van der Waals surface area contributed by atoms with Crippen molar-refractivity contribution < 1.29 is 0 Å². The molecule has 1 heterocycles. The van der Waals surface area contributed by atoms with Crippen LogP contribution in [0.3, 0.4) is 0 Å². The summed E-state index contributed by atoms with van der Waals surface area (Å²) in [7, 11) is 0. The highest BCUT2D eigenvalue weighted by Gasteiger charge is 2.22. The van der Waals surface area contributed by atoms with Gasteiger partial charge in [0.1, 0.15) is 0 Å². The monoisotopic (exact) mass is 516 g/mol. The average molecular weight is 517 g/mol. The predicted molar refractivity (Wildman–Crippen MR) is 165 cm³/mol. The smallest absolute Gasteiger partial charge is 0.0991 e. The summed E-state index contributed by atoms with van der Waals surface area (Å²) >= 11 is 0. The SMILES string of the molecule is CCCc1cc(C#N)ccc1Nc1ccc2ccc3c(N4CCCc5cc(C#N)ccc54)ccc4ccc1c2c43. The van der Waals surface area contributed by atoms with E-state index in [0.29, 0.717) is 5.56 Å². The predicted octanol–water partition coefficient (Wildman–Crippen LogP) is 9.11. The fraction of sp³-hybridized carbons (Fsp3) is 0.167. The highest BCUT2D eigenvalue weighted by molar-refractivity contribution is 6.27. The third-order valence-electron chi connectivity index (χ3n) is 8.28. The highest BCUT2D eigenvalue weighted by atomic mass is 15.1. The summed E-state index contributed by atoms with van der Waals surface area (Å²) in [6.07, 6.45) is 3.99. The molecule has 0 amide bonds. The van der Waals surface area contributed by atoms with Crippen molar-refractivity contribution in [1.29, 1.82) is 10.5 Å². The zero-order valence-electron chi connectivity index (χ0n) is 22.5. The molecule has 7 rings (SSSR count). The molecule has 6 aromatic rings. The molecule has 0 aromatic heterocycles. The molecule has 1 N–H and O–H groups in total. The standard InChI is InChI=1S/C36H28N4/c1-2-4-27-19-23(21-37)6-14-31(27)39-32-15-10-25-9-13-30-34(17-11-26-8-12-29(32)35(25)36(26)30)40-18-3-5-28-20-24(22-38)7-16-33(28)40/h6-17,19-20,39H,2-5,18H2,1H3. The molecule has 6 aromatic carbocycles. The van der Waals surface area contributed by atoms with Gasteiger partial charge in [-0.15, -0.1) is 0 Å². The Bertz CT molecular complexity index is 2010. The van der Waals surface area contributed by atoms with Crippen LogP contribution in [0.15, 0.2) is 84.9 Å². The van der Waals surface area contributed by atoms with Gasteiger partial charge in [-0.05, 0) is 100 Å². The summed E-state index contributed by atoms with van der Waals surface area (Å²) in [5.74, 6) is 0. The van der Waals surface area contributed by atoms with Crippen LogP contribution in [0, 0.1) is 22.7 Å². The van der Waals surface area contributed by atoms with Crippen LogP contribution in [0.5, 0.6) is 0 Å². The van der Waals surface area contributed by atoms with Crippen LogP contribution in [-0.4, -0.2) is 6.54 Å². The Hall–Kier alpha value is -5.06. The first-order valence-electron chi connectivity index (χ1n) is 14.0. The van der Waals surface area contributed by atoms with E-state index in [2.05, 4.69) is 83.9 Å². The maximum absolute atomic E-state index is 9.42. The summed E-state index contributed by atoms with van der Waals surface area (Å²) in [5, 5.41) is 30.0. The minimum Gasteiger partial charge on any atom is -0.355 e. The van der Waals surface area contributed by atoms with Gasteiger partial charge in [0.2, 0.25) is 0 Å². The van der Waals surface area contributed by atoms with Gasteiger partial charge in [0.25, 0.3) is 0 Å². The average Bonchev–Trinajstić information content (AvgIpc) is 3.00. The van der Waals surface area contributed by atoms with Crippen molar-refractivity contribution in [2.45, 2.75) is 32.6 Å². The second-order valence-electron chi connectivity index (χ2n) is 10.7. The quantitative estimate of drug-likeness (QED) is 0.232. The number of hydrogen-bond donors (Lipinski definition) is 1. The molecule has 40 heavy (non-hydrogen) atoms. The van der Waals surface area contributed by atoms with Crippen molar-refractivity contribution in [2.24, 2.45) is 0 Å². The first-order valence-corrected chi connectivity index (χ1v) is 14.0. The molecule has 0 radical (unpaired) electrons. The molecule has 1 aliphatic heterocycles. The fourth-order valence-corrected chi connectivity index (χ4v) is 6.45. The Balaban J connectivity index is 1.40. The number of nitriles is 2. The van der Waals surface area contributed by atoms with E-state index >= 15 is 0 Å². The molecule has 0 atom stereocenters. The second-order valence-corrected chi connectivity index (χ2v) is 10.7. The Morgan fingerprint density at radius 1 is 0.725 bits per heavy atom. The lowest BCUT2D eigenvalue weighted by molar-refractivity contribution is 0.768. The number of aryl methyl sites for hydroxylation is 2. The van der Waals surface area contributed by atoms with Gasteiger partial charge in [0, 0.05) is 40.1 Å². The van der Waals surface area contributed by atoms with E-state index in [1.54, 1.807) is 0 Å². The third kappa shape index (κ3) is 3.81. The molecule has 0 aliphatic carbocycles. The number of rotatable bonds is 5. The Kier molecular flexibility index (Phi) is 5.76. The summed E-state index contributed by atoms with van der Waals surface area (Å²) in [6.45, 7) is 3.12. The summed E-state index contributed by atoms with van der Waals surface area (Å²) in [4.78, 5) is 2.43. The number of hydrogen-bond acceptors (Lipinski definition) is 4. The van der Waals surface area contributed by atoms with Crippen LogP contribution in [0.2, 0.25) is 0 Å². The summed E-state index contributed by atoms with van der Waals surface area (Å²) in [5.41, 5.74) is 8.36. The number of nitrogens with zero attached hydrogens (tertiary/aromatic N) is 3. The van der Waals surface area contributed by atoms with Gasteiger partial charge in [-0.1, -0.05) is 49.7 Å². The molecule has 0 bridgehead atoms. The largest absolute Gasteiger partial charge is 0.355 e. The summed E-state index contributed by atoms with van der Waals surface area (Å²) < 4.78 is 0. The van der Waals surface area contributed by atoms with Gasteiger partial charge >= 0.3 is 0 Å². The Morgan fingerprint density at radius 2 is 1.38 bits per heavy atom. The number of benzene rings is 6. The number of anilines is 4. The van der Waals surface area contributed by atoms with Crippen LogP contribution in [0.1, 0.15) is 42.0 Å². The first-order chi connectivity index (χ1) is 19.7. The second kappa shape index (κ2) is 9.60. The molecular weight excluding hydrogens is 488 g/mol. The first kappa shape index (κ1) is 24.0. The van der Waals surface area contributed by atoms with Gasteiger partial charge in [0.15, 0.2) is 0 Å². The van der Waals surface area contributed by atoms with E-state index in [9.17, 15) is 10.5 Å². The minimum absolute atomic E-state index is 0.694. The van der Waals surface area contributed by atoms with E-state index < -0.39 is 0 Å². The number of fused-ring (bicyclic) bond motifs is 1. The molecule has 4 heteroatoms. The molecule has 0 saturated carbocycles. The van der Waals surface area contributed by atoms with Crippen LogP contribution in [-0.2, 0) is 12.8 Å². The van der Waals surface area contributed by atoms with E-state index in [1.807, 2.05) is 30.3 Å². The van der Waals surface area contributed by atoms with Crippen molar-refractivity contribution in [3.05, 3.63) is 107 Å². The van der Waals surface area contributed by atoms with Crippen molar-refractivity contribution in [1.82, 2.24) is 0 Å². The minimum atomic E-state index is 0.694. The van der Waals surface area contributed by atoms with Crippen LogP contribution < -0.4 is 10.2 Å². The van der Waals surface area contributed by atoms with Crippen molar-refractivity contribution in [3.8, 4) is 12.1 Å². The molecule has 0 saturated heterocycles. The van der Waals surface area contributed by atoms with Crippen molar-refractivity contribution >= 4 is 55.1 Å². The lowest BCUT2D eigenvalue weighted by Gasteiger charge is -2.33. The molecule has 4 nitrogen and oxygen atoms in total. The molecule has 0 fully saturated rings. The maximum atomic E-state index is 9.42. The van der Waals surface area contributed by atoms with Gasteiger partial charge in [-0.2, -0.15) is 10.5 Å². The normalized spacial score (nSPS) is 12.9. The van der Waals surface area contributed by atoms with E-state index in [-0.39, 0.29) is 0 Å².